The van der Waals surface area contributed by atoms with Crippen LogP contribution >= 0.6 is 11.6 Å². The number of halogens is 1. The van der Waals surface area contributed by atoms with Crippen LogP contribution in [0.2, 0.25) is 0 Å². The number of hydrogen-bond donors (Lipinski definition) is 1. The lowest BCUT2D eigenvalue weighted by molar-refractivity contribution is 0.0956. The molecule has 0 spiro atoms. The van der Waals surface area contributed by atoms with Gasteiger partial charge in [0.25, 0.3) is 5.91 Å². The third kappa shape index (κ3) is 4.88. The molecule has 1 atom stereocenters. The molecule has 1 rings (SSSR count). The fourth-order valence-electron chi connectivity index (χ4n) is 1.32. The third-order valence-electron chi connectivity index (χ3n) is 2.28. The van der Waals surface area contributed by atoms with Crippen LogP contribution in [0.15, 0.2) is 24.3 Å². The zero-order valence-electron chi connectivity index (χ0n) is 9.74. The maximum atomic E-state index is 11.7. The Balaban J connectivity index is 2.49. The Hall–Kier alpha value is -0.870. The molecule has 0 radical (unpaired) electrons. The van der Waals surface area contributed by atoms with Gasteiger partial charge in [0.1, 0.15) is 0 Å². The Morgan fingerprint density at radius 3 is 2.88 bits per heavy atom. The van der Waals surface area contributed by atoms with Crippen LogP contribution in [0, 0.1) is 0 Å². The van der Waals surface area contributed by atoms with E-state index >= 15 is 0 Å². The molecule has 1 aromatic carbocycles. The van der Waals surface area contributed by atoms with Gasteiger partial charge in [-0.2, -0.15) is 0 Å². The van der Waals surface area contributed by atoms with Gasteiger partial charge in [0.05, 0.1) is 0 Å². The van der Waals surface area contributed by atoms with Crippen molar-refractivity contribution >= 4 is 28.3 Å². The Labute approximate surface area is 109 Å². The smallest absolute Gasteiger partial charge is 0.251 e. The molecule has 0 bridgehead atoms. The van der Waals surface area contributed by atoms with Crippen molar-refractivity contribution < 1.29 is 9.00 Å². The number of benzene rings is 1. The van der Waals surface area contributed by atoms with E-state index in [0.717, 1.165) is 5.56 Å². The Bertz CT molecular complexity index is 409. The molecule has 1 aromatic rings. The second-order valence-corrected chi connectivity index (χ2v) is 5.66. The summed E-state index contributed by atoms with van der Waals surface area (Å²) in [5.74, 6) is 1.36. The van der Waals surface area contributed by atoms with Crippen molar-refractivity contribution in [2.24, 2.45) is 0 Å². The second kappa shape index (κ2) is 7.45. The molecule has 17 heavy (non-hydrogen) atoms. The number of amides is 1. The number of carbonyl (C=O) groups is 1. The summed E-state index contributed by atoms with van der Waals surface area (Å²) in [7, 11) is -0.842. The molecule has 0 aliphatic carbocycles. The van der Waals surface area contributed by atoms with E-state index in [1.54, 1.807) is 18.2 Å². The van der Waals surface area contributed by atoms with Crippen molar-refractivity contribution in [1.29, 1.82) is 0 Å². The van der Waals surface area contributed by atoms with Gasteiger partial charge >= 0.3 is 0 Å². The van der Waals surface area contributed by atoms with E-state index < -0.39 is 10.8 Å². The Kier molecular flexibility index (Phi) is 6.22. The van der Waals surface area contributed by atoms with Crippen LogP contribution in [0.4, 0.5) is 0 Å². The normalized spacial score (nSPS) is 12.1. The van der Waals surface area contributed by atoms with Gasteiger partial charge in [-0.05, 0) is 17.7 Å². The van der Waals surface area contributed by atoms with Gasteiger partial charge < -0.3 is 5.32 Å². The summed E-state index contributed by atoms with van der Waals surface area (Å²) in [4.78, 5) is 11.7. The maximum Gasteiger partial charge on any atom is 0.251 e. The first-order chi connectivity index (χ1) is 8.17. The quantitative estimate of drug-likeness (QED) is 0.805. The van der Waals surface area contributed by atoms with Gasteiger partial charge in [-0.25, -0.2) is 0 Å². The highest BCUT2D eigenvalue weighted by molar-refractivity contribution is 7.84. The molecule has 0 heterocycles. The van der Waals surface area contributed by atoms with Crippen LogP contribution in [0.25, 0.3) is 0 Å². The monoisotopic (exact) mass is 273 g/mol. The molecule has 1 N–H and O–H groups in total. The summed E-state index contributed by atoms with van der Waals surface area (Å²) in [6.07, 6.45) is 0. The minimum atomic E-state index is -0.842. The zero-order chi connectivity index (χ0) is 12.7. The molecule has 0 saturated carbocycles. The van der Waals surface area contributed by atoms with Crippen LogP contribution in [0.5, 0.6) is 0 Å². The molecular formula is C12H16ClNO2S. The van der Waals surface area contributed by atoms with Crippen molar-refractivity contribution in [3.8, 4) is 0 Å². The number of carbonyl (C=O) groups excluding carboxylic acids is 1. The molecule has 1 unspecified atom stereocenters. The molecule has 0 saturated heterocycles. The van der Waals surface area contributed by atoms with Crippen LogP contribution in [0.1, 0.15) is 22.8 Å². The fraction of sp³-hybridized carbons (Fsp3) is 0.417. The van der Waals surface area contributed by atoms with Gasteiger partial charge in [-0.1, -0.05) is 19.1 Å². The zero-order valence-corrected chi connectivity index (χ0v) is 11.3. The first-order valence-corrected chi connectivity index (χ1v) is 7.47. The molecule has 0 fully saturated rings. The summed E-state index contributed by atoms with van der Waals surface area (Å²) in [6, 6.07) is 7.17. The average molecular weight is 274 g/mol. The van der Waals surface area contributed by atoms with E-state index in [4.69, 9.17) is 11.6 Å². The summed E-state index contributed by atoms with van der Waals surface area (Å²) >= 11 is 5.70. The van der Waals surface area contributed by atoms with Crippen molar-refractivity contribution in [2.45, 2.75) is 12.8 Å². The van der Waals surface area contributed by atoms with Crippen LogP contribution in [0.3, 0.4) is 0 Å². The number of alkyl halides is 1. The fourth-order valence-corrected chi connectivity index (χ4v) is 2.11. The van der Waals surface area contributed by atoms with Gasteiger partial charge in [-0.3, -0.25) is 9.00 Å². The van der Waals surface area contributed by atoms with Gasteiger partial charge in [0.15, 0.2) is 0 Å². The topological polar surface area (TPSA) is 46.2 Å². The van der Waals surface area contributed by atoms with Crippen molar-refractivity contribution in [1.82, 2.24) is 5.32 Å². The number of hydrogen-bond acceptors (Lipinski definition) is 2. The minimum Gasteiger partial charge on any atom is -0.351 e. The molecule has 94 valence electrons. The number of rotatable bonds is 6. The van der Waals surface area contributed by atoms with E-state index in [0.29, 0.717) is 29.5 Å². The molecule has 1 amide bonds. The average Bonchev–Trinajstić information content (AvgIpc) is 2.38. The van der Waals surface area contributed by atoms with E-state index in [1.807, 2.05) is 13.0 Å². The number of nitrogens with one attached hydrogen (secondary N) is 1. The highest BCUT2D eigenvalue weighted by Gasteiger charge is 2.05. The van der Waals surface area contributed by atoms with E-state index in [2.05, 4.69) is 5.32 Å². The van der Waals surface area contributed by atoms with Gasteiger partial charge in [-0.15, -0.1) is 11.6 Å². The summed E-state index contributed by atoms with van der Waals surface area (Å²) in [5.41, 5.74) is 1.50. The van der Waals surface area contributed by atoms with Crippen LogP contribution < -0.4 is 5.32 Å². The van der Waals surface area contributed by atoms with Crippen LogP contribution in [-0.2, 0) is 16.7 Å². The first-order valence-electron chi connectivity index (χ1n) is 5.45. The molecular weight excluding hydrogens is 258 g/mol. The predicted molar refractivity (Wildman–Crippen MR) is 71.9 cm³/mol. The third-order valence-corrected chi connectivity index (χ3v) is 3.89. The molecule has 5 heteroatoms. The van der Waals surface area contributed by atoms with Gasteiger partial charge in [0, 0.05) is 40.3 Å². The van der Waals surface area contributed by atoms with E-state index in [1.165, 1.54) is 0 Å². The molecule has 0 aliphatic rings. The van der Waals surface area contributed by atoms with E-state index in [-0.39, 0.29) is 5.91 Å². The largest absolute Gasteiger partial charge is 0.351 e. The minimum absolute atomic E-state index is 0.148. The van der Waals surface area contributed by atoms with Crippen molar-refractivity contribution in [3.05, 3.63) is 35.4 Å². The lowest BCUT2D eigenvalue weighted by Gasteiger charge is -2.05. The molecule has 0 aliphatic heterocycles. The van der Waals surface area contributed by atoms with Gasteiger partial charge in [0.2, 0.25) is 0 Å². The van der Waals surface area contributed by atoms with Crippen molar-refractivity contribution in [3.63, 3.8) is 0 Å². The highest BCUT2D eigenvalue weighted by Crippen LogP contribution is 2.07. The maximum absolute atomic E-state index is 11.7. The highest BCUT2D eigenvalue weighted by atomic mass is 35.5. The van der Waals surface area contributed by atoms with Crippen LogP contribution in [-0.4, -0.2) is 28.2 Å². The lowest BCUT2D eigenvalue weighted by Crippen LogP contribution is -2.28. The lowest BCUT2D eigenvalue weighted by atomic mass is 10.1. The van der Waals surface area contributed by atoms with E-state index in [9.17, 15) is 9.00 Å². The first kappa shape index (κ1) is 14.2. The summed E-state index contributed by atoms with van der Waals surface area (Å²) in [6.45, 7) is 2.30. The Morgan fingerprint density at radius 2 is 2.24 bits per heavy atom. The second-order valence-electron chi connectivity index (χ2n) is 3.52. The molecule has 0 aromatic heterocycles. The standard InChI is InChI=1S/C12H16ClNO2S/c1-2-17(16)7-6-14-12(15)11-5-3-4-10(8-11)9-13/h3-5,8H,2,6-7,9H2,1H3,(H,14,15). The Morgan fingerprint density at radius 1 is 1.47 bits per heavy atom. The van der Waals surface area contributed by atoms with Crippen molar-refractivity contribution in [2.75, 3.05) is 18.1 Å². The SMILES string of the molecule is CCS(=O)CCNC(=O)c1cccc(CCl)c1. The molecule has 3 nitrogen and oxygen atoms in total. The predicted octanol–water partition coefficient (Wildman–Crippen LogP) is 1.92. The summed E-state index contributed by atoms with van der Waals surface area (Å²) < 4.78 is 11.2. The summed E-state index contributed by atoms with van der Waals surface area (Å²) in [5, 5.41) is 2.74.